The summed E-state index contributed by atoms with van der Waals surface area (Å²) in [6, 6.07) is 3.05. The summed E-state index contributed by atoms with van der Waals surface area (Å²) in [5, 5.41) is 12.7. The van der Waals surface area contributed by atoms with Gasteiger partial charge in [-0.3, -0.25) is 9.78 Å². The Morgan fingerprint density at radius 1 is 1.47 bits per heavy atom. The fourth-order valence-corrected chi connectivity index (χ4v) is 2.11. The standard InChI is InChI=1S/C12H16N2O3/c1-17-10-3-2-9(11(10)15)14-12(16)8-4-6-13-7-5-8/h4-7,9-11,15H,2-3H2,1H3,(H,14,16)/t9-,10-,11-/m1/s1. The Kier molecular flexibility index (Phi) is 3.71. The average molecular weight is 236 g/mol. The molecule has 0 spiro atoms. The number of methoxy groups -OCH3 is 1. The van der Waals surface area contributed by atoms with E-state index in [2.05, 4.69) is 10.3 Å². The number of pyridine rings is 1. The SMILES string of the molecule is CO[C@@H]1CC[C@@H](NC(=O)c2ccncc2)[C@H]1O. The fraction of sp³-hybridized carbons (Fsp3) is 0.500. The van der Waals surface area contributed by atoms with E-state index in [1.165, 1.54) is 0 Å². The third kappa shape index (κ3) is 2.62. The minimum Gasteiger partial charge on any atom is -0.388 e. The number of aromatic nitrogens is 1. The van der Waals surface area contributed by atoms with Crippen LogP contribution in [0.4, 0.5) is 0 Å². The Hall–Kier alpha value is -1.46. The molecule has 0 bridgehead atoms. The number of ether oxygens (including phenoxy) is 1. The molecule has 2 N–H and O–H groups in total. The molecular formula is C12H16N2O3. The summed E-state index contributed by atoms with van der Waals surface area (Å²) in [6.07, 6.45) is 3.81. The number of carbonyl (C=O) groups is 1. The second kappa shape index (κ2) is 5.25. The number of nitrogens with one attached hydrogen (secondary N) is 1. The summed E-state index contributed by atoms with van der Waals surface area (Å²) in [7, 11) is 1.57. The summed E-state index contributed by atoms with van der Waals surface area (Å²) in [5.74, 6) is -0.187. The molecule has 0 unspecified atom stereocenters. The molecule has 1 fully saturated rings. The van der Waals surface area contributed by atoms with Gasteiger partial charge in [-0.2, -0.15) is 0 Å². The van der Waals surface area contributed by atoms with Crippen LogP contribution in [0.1, 0.15) is 23.2 Å². The number of rotatable bonds is 3. The minimum atomic E-state index is -0.634. The molecule has 17 heavy (non-hydrogen) atoms. The van der Waals surface area contributed by atoms with Crippen molar-refractivity contribution in [3.8, 4) is 0 Å². The van der Waals surface area contributed by atoms with E-state index in [1.54, 1.807) is 31.6 Å². The smallest absolute Gasteiger partial charge is 0.251 e. The Morgan fingerprint density at radius 3 is 2.76 bits per heavy atom. The topological polar surface area (TPSA) is 71.5 Å². The lowest BCUT2D eigenvalue weighted by molar-refractivity contribution is 0.000207. The zero-order valence-electron chi connectivity index (χ0n) is 9.67. The first kappa shape index (κ1) is 12.0. The first-order valence-corrected chi connectivity index (χ1v) is 5.64. The second-order valence-corrected chi connectivity index (χ2v) is 4.16. The van der Waals surface area contributed by atoms with Crippen molar-refractivity contribution in [2.24, 2.45) is 0 Å². The number of hydrogen-bond donors (Lipinski definition) is 2. The molecule has 5 nitrogen and oxygen atoms in total. The number of amides is 1. The lowest BCUT2D eigenvalue weighted by atomic mass is 10.1. The highest BCUT2D eigenvalue weighted by Crippen LogP contribution is 2.22. The van der Waals surface area contributed by atoms with E-state index in [1.807, 2.05) is 0 Å². The van der Waals surface area contributed by atoms with E-state index < -0.39 is 6.10 Å². The molecule has 1 aromatic heterocycles. The normalized spacial score (nSPS) is 28.0. The third-order valence-corrected chi connectivity index (χ3v) is 3.12. The summed E-state index contributed by atoms with van der Waals surface area (Å²) in [6.45, 7) is 0. The monoisotopic (exact) mass is 236 g/mol. The molecule has 5 heteroatoms. The van der Waals surface area contributed by atoms with Gasteiger partial charge in [-0.05, 0) is 25.0 Å². The molecule has 1 amide bonds. The molecule has 1 aromatic rings. The average Bonchev–Trinajstić information content (AvgIpc) is 2.71. The van der Waals surface area contributed by atoms with Crippen molar-refractivity contribution >= 4 is 5.91 Å². The van der Waals surface area contributed by atoms with Gasteiger partial charge in [-0.15, -0.1) is 0 Å². The maximum Gasteiger partial charge on any atom is 0.251 e. The van der Waals surface area contributed by atoms with Gasteiger partial charge in [0, 0.05) is 25.1 Å². The molecular weight excluding hydrogens is 220 g/mol. The number of hydrogen-bond acceptors (Lipinski definition) is 4. The minimum absolute atomic E-state index is 0.183. The van der Waals surface area contributed by atoms with Crippen LogP contribution in [0.2, 0.25) is 0 Å². The van der Waals surface area contributed by atoms with Crippen molar-refractivity contribution < 1.29 is 14.6 Å². The quantitative estimate of drug-likeness (QED) is 0.794. The Labute approximate surface area is 99.8 Å². The van der Waals surface area contributed by atoms with Crippen LogP contribution in [-0.2, 0) is 4.74 Å². The van der Waals surface area contributed by atoms with Crippen molar-refractivity contribution in [1.29, 1.82) is 0 Å². The zero-order valence-corrected chi connectivity index (χ0v) is 9.67. The van der Waals surface area contributed by atoms with Crippen molar-refractivity contribution in [2.75, 3.05) is 7.11 Å². The Balaban J connectivity index is 1.96. The van der Waals surface area contributed by atoms with Crippen LogP contribution < -0.4 is 5.32 Å². The van der Waals surface area contributed by atoms with Gasteiger partial charge < -0.3 is 15.2 Å². The van der Waals surface area contributed by atoms with Crippen LogP contribution in [0.3, 0.4) is 0 Å². The molecule has 2 rings (SSSR count). The van der Waals surface area contributed by atoms with Crippen LogP contribution in [0.25, 0.3) is 0 Å². The van der Waals surface area contributed by atoms with E-state index in [-0.39, 0.29) is 18.1 Å². The molecule has 3 atom stereocenters. The second-order valence-electron chi connectivity index (χ2n) is 4.16. The summed E-state index contributed by atoms with van der Waals surface area (Å²) in [4.78, 5) is 15.7. The molecule has 92 valence electrons. The lowest BCUT2D eigenvalue weighted by Crippen LogP contribution is -2.43. The van der Waals surface area contributed by atoms with Gasteiger partial charge in [-0.1, -0.05) is 0 Å². The molecule has 1 heterocycles. The molecule has 0 aromatic carbocycles. The van der Waals surface area contributed by atoms with Gasteiger partial charge in [0.25, 0.3) is 5.91 Å². The maximum atomic E-state index is 11.9. The highest BCUT2D eigenvalue weighted by molar-refractivity contribution is 5.94. The number of carbonyl (C=O) groups excluding carboxylic acids is 1. The third-order valence-electron chi connectivity index (χ3n) is 3.12. The molecule has 0 saturated heterocycles. The Bertz CT molecular complexity index is 383. The first-order chi connectivity index (χ1) is 8.22. The van der Waals surface area contributed by atoms with Gasteiger partial charge in [0.2, 0.25) is 0 Å². The highest BCUT2D eigenvalue weighted by atomic mass is 16.5. The molecule has 0 aliphatic heterocycles. The van der Waals surface area contributed by atoms with Gasteiger partial charge in [0.1, 0.15) is 6.10 Å². The van der Waals surface area contributed by atoms with Crippen molar-refractivity contribution in [3.05, 3.63) is 30.1 Å². The van der Waals surface area contributed by atoms with Crippen molar-refractivity contribution in [2.45, 2.75) is 31.1 Å². The van der Waals surface area contributed by atoms with Crippen molar-refractivity contribution in [1.82, 2.24) is 10.3 Å². The Morgan fingerprint density at radius 2 is 2.18 bits per heavy atom. The summed E-state index contributed by atoms with van der Waals surface area (Å²) in [5.41, 5.74) is 0.549. The van der Waals surface area contributed by atoms with E-state index in [0.717, 1.165) is 12.8 Å². The van der Waals surface area contributed by atoms with E-state index >= 15 is 0 Å². The van der Waals surface area contributed by atoms with Crippen LogP contribution in [0, 0.1) is 0 Å². The zero-order chi connectivity index (χ0) is 12.3. The molecule has 0 radical (unpaired) electrons. The number of aliphatic hydroxyl groups excluding tert-OH is 1. The van der Waals surface area contributed by atoms with Gasteiger partial charge in [0.05, 0.1) is 12.1 Å². The number of aliphatic hydroxyl groups is 1. The summed E-state index contributed by atoms with van der Waals surface area (Å²) >= 11 is 0. The molecule has 1 aliphatic rings. The molecule has 1 aliphatic carbocycles. The predicted octanol–water partition coefficient (Wildman–Crippen LogP) is 0.350. The van der Waals surface area contributed by atoms with E-state index in [4.69, 9.17) is 4.74 Å². The predicted molar refractivity (Wildman–Crippen MR) is 61.5 cm³/mol. The first-order valence-electron chi connectivity index (χ1n) is 5.64. The van der Waals surface area contributed by atoms with Crippen LogP contribution in [-0.4, -0.2) is 41.4 Å². The van der Waals surface area contributed by atoms with Crippen LogP contribution in [0.5, 0.6) is 0 Å². The van der Waals surface area contributed by atoms with Crippen LogP contribution in [0.15, 0.2) is 24.5 Å². The van der Waals surface area contributed by atoms with Gasteiger partial charge in [0.15, 0.2) is 0 Å². The molecule has 1 saturated carbocycles. The van der Waals surface area contributed by atoms with Gasteiger partial charge in [-0.25, -0.2) is 0 Å². The van der Waals surface area contributed by atoms with Gasteiger partial charge >= 0.3 is 0 Å². The fourth-order valence-electron chi connectivity index (χ4n) is 2.11. The van der Waals surface area contributed by atoms with E-state index in [9.17, 15) is 9.90 Å². The maximum absolute atomic E-state index is 11.9. The highest BCUT2D eigenvalue weighted by Gasteiger charge is 2.35. The van der Waals surface area contributed by atoms with Crippen LogP contribution >= 0.6 is 0 Å². The van der Waals surface area contributed by atoms with E-state index in [0.29, 0.717) is 5.56 Å². The van der Waals surface area contributed by atoms with Crippen molar-refractivity contribution in [3.63, 3.8) is 0 Å². The largest absolute Gasteiger partial charge is 0.388 e. The lowest BCUT2D eigenvalue weighted by Gasteiger charge is -2.19. The number of nitrogens with zero attached hydrogens (tertiary/aromatic N) is 1. The summed E-state index contributed by atoms with van der Waals surface area (Å²) < 4.78 is 5.13.